The molecule has 1 saturated carbocycles. The molecule has 4 heteroatoms. The lowest BCUT2D eigenvalue weighted by atomic mass is 9.84. The van der Waals surface area contributed by atoms with E-state index in [4.69, 9.17) is 11.6 Å². The zero-order chi connectivity index (χ0) is 12.5. The molecule has 1 fully saturated rings. The molecule has 2 atom stereocenters. The highest BCUT2D eigenvalue weighted by Gasteiger charge is 2.39. The van der Waals surface area contributed by atoms with Gasteiger partial charge in [-0.15, -0.1) is 0 Å². The van der Waals surface area contributed by atoms with Crippen LogP contribution in [0.2, 0.25) is 5.02 Å². The molecule has 0 amide bonds. The Hall–Kier alpha value is -0.540. The number of aromatic nitrogens is 2. The first-order valence-corrected chi connectivity index (χ1v) is 6.87. The van der Waals surface area contributed by atoms with Crippen molar-refractivity contribution in [1.29, 1.82) is 0 Å². The van der Waals surface area contributed by atoms with Gasteiger partial charge in [-0.1, -0.05) is 25.4 Å². The van der Waals surface area contributed by atoms with Gasteiger partial charge in [0, 0.05) is 18.0 Å². The second-order valence-electron chi connectivity index (χ2n) is 5.35. The van der Waals surface area contributed by atoms with Gasteiger partial charge in [-0.25, -0.2) is 0 Å². The molecule has 1 N–H and O–H groups in total. The van der Waals surface area contributed by atoms with Crippen LogP contribution >= 0.6 is 11.6 Å². The van der Waals surface area contributed by atoms with Crippen LogP contribution in [0.5, 0.6) is 0 Å². The molecule has 0 aromatic carbocycles. The van der Waals surface area contributed by atoms with Gasteiger partial charge in [0.05, 0.1) is 16.9 Å². The molecule has 96 valence electrons. The third-order valence-electron chi connectivity index (χ3n) is 3.95. The number of nitrogens with one attached hydrogen (secondary N) is 1. The van der Waals surface area contributed by atoms with E-state index in [9.17, 15) is 0 Å². The Morgan fingerprint density at radius 2 is 2.41 bits per heavy atom. The SMILES string of the molecule is CCCn1ncc(Cl)c1C1(C)CCC(NC)C1. The van der Waals surface area contributed by atoms with Crippen molar-refractivity contribution in [1.82, 2.24) is 15.1 Å². The van der Waals surface area contributed by atoms with Crippen molar-refractivity contribution < 1.29 is 0 Å². The average Bonchev–Trinajstić information content (AvgIpc) is 2.84. The number of halogens is 1. The summed E-state index contributed by atoms with van der Waals surface area (Å²) in [6.07, 6.45) is 6.45. The molecule has 0 bridgehead atoms. The van der Waals surface area contributed by atoms with Gasteiger partial charge in [0.1, 0.15) is 0 Å². The van der Waals surface area contributed by atoms with Gasteiger partial charge in [-0.05, 0) is 32.7 Å². The van der Waals surface area contributed by atoms with Gasteiger partial charge in [0.15, 0.2) is 0 Å². The van der Waals surface area contributed by atoms with Crippen molar-refractivity contribution in [3.05, 3.63) is 16.9 Å². The van der Waals surface area contributed by atoms with Crippen LogP contribution in [0.4, 0.5) is 0 Å². The molecular weight excluding hydrogens is 234 g/mol. The second kappa shape index (κ2) is 4.99. The summed E-state index contributed by atoms with van der Waals surface area (Å²) in [7, 11) is 2.04. The number of rotatable bonds is 4. The molecule has 2 unspecified atom stereocenters. The molecule has 2 rings (SSSR count). The van der Waals surface area contributed by atoms with Gasteiger partial charge in [-0.2, -0.15) is 5.10 Å². The number of hydrogen-bond acceptors (Lipinski definition) is 2. The Bertz CT molecular complexity index is 388. The van der Waals surface area contributed by atoms with Crippen LogP contribution in [0.25, 0.3) is 0 Å². The van der Waals surface area contributed by atoms with Crippen molar-refractivity contribution in [3.8, 4) is 0 Å². The zero-order valence-corrected chi connectivity index (χ0v) is 11.7. The minimum atomic E-state index is 0.177. The summed E-state index contributed by atoms with van der Waals surface area (Å²) in [6.45, 7) is 5.45. The summed E-state index contributed by atoms with van der Waals surface area (Å²) in [6, 6.07) is 0.612. The first-order valence-electron chi connectivity index (χ1n) is 6.50. The van der Waals surface area contributed by atoms with Gasteiger partial charge >= 0.3 is 0 Å². The summed E-state index contributed by atoms with van der Waals surface area (Å²) in [5.41, 5.74) is 1.41. The fraction of sp³-hybridized carbons (Fsp3) is 0.769. The molecule has 17 heavy (non-hydrogen) atoms. The standard InChI is InChI=1S/C13H22ClN3/c1-4-7-17-12(11(14)9-16-17)13(2)6-5-10(8-13)15-3/h9-10,15H,4-8H2,1-3H3. The highest BCUT2D eigenvalue weighted by atomic mass is 35.5. The van der Waals surface area contributed by atoms with Crippen LogP contribution in [0, 0.1) is 0 Å². The molecule has 1 aromatic heterocycles. The maximum absolute atomic E-state index is 6.34. The van der Waals surface area contributed by atoms with E-state index in [1.54, 1.807) is 6.20 Å². The Morgan fingerprint density at radius 1 is 1.65 bits per heavy atom. The normalized spacial score (nSPS) is 28.8. The Kier molecular flexibility index (Phi) is 3.79. The van der Waals surface area contributed by atoms with E-state index in [0.717, 1.165) is 24.4 Å². The highest BCUT2D eigenvalue weighted by molar-refractivity contribution is 6.31. The Labute approximate surface area is 109 Å². The Morgan fingerprint density at radius 3 is 3.00 bits per heavy atom. The van der Waals surface area contributed by atoms with Crippen molar-refractivity contribution in [3.63, 3.8) is 0 Å². The van der Waals surface area contributed by atoms with Crippen LogP contribution in [-0.2, 0) is 12.0 Å². The van der Waals surface area contributed by atoms with E-state index < -0.39 is 0 Å². The fourth-order valence-corrected chi connectivity index (χ4v) is 3.42. The highest BCUT2D eigenvalue weighted by Crippen LogP contribution is 2.43. The molecular formula is C13H22ClN3. The quantitative estimate of drug-likeness (QED) is 0.897. The molecule has 0 radical (unpaired) electrons. The summed E-state index contributed by atoms with van der Waals surface area (Å²) in [5.74, 6) is 0. The molecule has 1 aromatic rings. The van der Waals surface area contributed by atoms with Gasteiger partial charge in [0.2, 0.25) is 0 Å². The zero-order valence-electron chi connectivity index (χ0n) is 11.0. The number of nitrogens with zero attached hydrogens (tertiary/aromatic N) is 2. The third kappa shape index (κ3) is 2.36. The Balaban J connectivity index is 2.29. The van der Waals surface area contributed by atoms with Crippen LogP contribution in [0.1, 0.15) is 45.2 Å². The maximum atomic E-state index is 6.34. The van der Waals surface area contributed by atoms with Crippen molar-refractivity contribution in [2.75, 3.05) is 7.05 Å². The lowest BCUT2D eigenvalue weighted by molar-refractivity contribution is 0.414. The summed E-state index contributed by atoms with van der Waals surface area (Å²) in [4.78, 5) is 0. The van der Waals surface area contributed by atoms with Gasteiger partial charge < -0.3 is 5.32 Å². The first kappa shape index (κ1) is 12.9. The predicted octanol–water partition coefficient (Wildman–Crippen LogP) is 2.98. The minimum absolute atomic E-state index is 0.177. The number of aryl methyl sites for hydroxylation is 1. The summed E-state index contributed by atoms with van der Waals surface area (Å²) < 4.78 is 2.10. The van der Waals surface area contributed by atoms with Crippen molar-refractivity contribution >= 4 is 11.6 Å². The molecule has 1 aliphatic carbocycles. The largest absolute Gasteiger partial charge is 0.317 e. The predicted molar refractivity (Wildman–Crippen MR) is 71.6 cm³/mol. The summed E-state index contributed by atoms with van der Waals surface area (Å²) >= 11 is 6.34. The van der Waals surface area contributed by atoms with E-state index >= 15 is 0 Å². The molecule has 0 saturated heterocycles. The van der Waals surface area contributed by atoms with Crippen LogP contribution in [-0.4, -0.2) is 22.9 Å². The number of hydrogen-bond donors (Lipinski definition) is 1. The van der Waals surface area contributed by atoms with E-state index in [-0.39, 0.29) is 5.41 Å². The van der Waals surface area contributed by atoms with Crippen LogP contribution in [0.3, 0.4) is 0 Å². The van der Waals surface area contributed by atoms with Crippen molar-refractivity contribution in [2.45, 2.75) is 57.5 Å². The van der Waals surface area contributed by atoms with Crippen LogP contribution in [0.15, 0.2) is 6.20 Å². The van der Waals surface area contributed by atoms with E-state index in [0.29, 0.717) is 6.04 Å². The topological polar surface area (TPSA) is 29.9 Å². The lowest BCUT2D eigenvalue weighted by Crippen LogP contribution is -2.28. The van der Waals surface area contributed by atoms with Gasteiger partial charge in [0.25, 0.3) is 0 Å². The average molecular weight is 256 g/mol. The van der Waals surface area contributed by atoms with E-state index in [1.165, 1.54) is 18.5 Å². The molecule has 0 spiro atoms. The smallest absolute Gasteiger partial charge is 0.0823 e. The molecule has 3 nitrogen and oxygen atoms in total. The molecule has 1 aliphatic rings. The van der Waals surface area contributed by atoms with Crippen LogP contribution < -0.4 is 5.32 Å². The maximum Gasteiger partial charge on any atom is 0.0823 e. The molecule has 1 heterocycles. The lowest BCUT2D eigenvalue weighted by Gasteiger charge is -2.26. The molecule has 0 aliphatic heterocycles. The third-order valence-corrected chi connectivity index (χ3v) is 4.23. The monoisotopic (exact) mass is 255 g/mol. The first-order chi connectivity index (χ1) is 8.10. The second-order valence-corrected chi connectivity index (χ2v) is 5.76. The van der Waals surface area contributed by atoms with E-state index in [1.807, 2.05) is 7.05 Å². The summed E-state index contributed by atoms with van der Waals surface area (Å²) in [5, 5.41) is 8.62. The van der Waals surface area contributed by atoms with E-state index in [2.05, 4.69) is 28.9 Å². The minimum Gasteiger partial charge on any atom is -0.317 e. The fourth-order valence-electron chi connectivity index (χ4n) is 3.05. The van der Waals surface area contributed by atoms with Crippen molar-refractivity contribution in [2.24, 2.45) is 0 Å². The van der Waals surface area contributed by atoms with Gasteiger partial charge in [-0.3, -0.25) is 4.68 Å².